The largest absolute Gasteiger partial charge is 0.573 e. The molecule has 1 unspecified atom stereocenters. The fourth-order valence-electron chi connectivity index (χ4n) is 6.16. The molecule has 0 radical (unpaired) electrons. The van der Waals surface area contributed by atoms with Gasteiger partial charge in [0.05, 0.1) is 25.1 Å². The fraction of sp³-hybridized carbons (Fsp3) is 0.741. The summed E-state index contributed by atoms with van der Waals surface area (Å²) in [6.45, 7) is 4.44. The van der Waals surface area contributed by atoms with Gasteiger partial charge in [0.1, 0.15) is 18.4 Å². The predicted molar refractivity (Wildman–Crippen MR) is 144 cm³/mol. The van der Waals surface area contributed by atoms with E-state index >= 15 is 0 Å². The van der Waals surface area contributed by atoms with Crippen LogP contribution in [0.4, 0.5) is 13.2 Å². The van der Waals surface area contributed by atoms with Crippen molar-refractivity contribution in [1.29, 1.82) is 0 Å². The van der Waals surface area contributed by atoms with Crippen molar-refractivity contribution in [3.63, 3.8) is 0 Å². The Labute approximate surface area is 229 Å². The molecule has 39 heavy (non-hydrogen) atoms. The van der Waals surface area contributed by atoms with E-state index in [0.717, 1.165) is 50.6 Å². The van der Waals surface area contributed by atoms with Crippen molar-refractivity contribution in [1.82, 2.24) is 15.1 Å². The topological polar surface area (TPSA) is 80.3 Å². The average molecular weight is 578 g/mol. The van der Waals surface area contributed by atoms with Crippen LogP contribution in [0.25, 0.3) is 0 Å². The third-order valence-corrected chi connectivity index (χ3v) is 9.58. The summed E-state index contributed by atoms with van der Waals surface area (Å²) >= 11 is 0. The van der Waals surface area contributed by atoms with Gasteiger partial charge in [-0.15, -0.1) is 13.2 Å². The number of likely N-dealkylation sites (N-methyl/N-ethyl adjacent to an activating group) is 1. The number of hydrogen-bond acceptors (Lipinski definition) is 7. The molecule has 1 saturated carbocycles. The molecule has 1 aromatic rings. The molecule has 3 aliphatic rings. The van der Waals surface area contributed by atoms with Gasteiger partial charge in [-0.2, -0.15) is 0 Å². The van der Waals surface area contributed by atoms with Crippen LogP contribution in [-0.4, -0.2) is 95.5 Å². The zero-order valence-corrected chi connectivity index (χ0v) is 23.7. The van der Waals surface area contributed by atoms with Crippen LogP contribution in [0.3, 0.4) is 0 Å². The smallest absolute Gasteiger partial charge is 0.406 e. The molecule has 1 aliphatic carbocycles. The number of nitrogens with zero attached hydrogens (tertiary/aromatic N) is 2. The second kappa shape index (κ2) is 13.3. The molecule has 0 spiro atoms. The third kappa shape index (κ3) is 8.88. The maximum Gasteiger partial charge on any atom is 0.573 e. The maximum atomic E-state index is 12.8. The highest BCUT2D eigenvalue weighted by molar-refractivity contribution is 8.02. The molecule has 0 aromatic heterocycles. The number of likely N-dealkylation sites (tertiary alicyclic amines) is 1. The summed E-state index contributed by atoms with van der Waals surface area (Å²) in [7, 11) is -2.40. The van der Waals surface area contributed by atoms with Crippen LogP contribution in [0, 0.1) is 0 Å². The van der Waals surface area contributed by atoms with E-state index in [4.69, 9.17) is 9.47 Å². The minimum Gasteiger partial charge on any atom is -0.406 e. The number of nitrogens with one attached hydrogen (secondary N) is 1. The second-order valence-corrected chi connectivity index (χ2v) is 14.3. The monoisotopic (exact) mass is 577 g/mol. The first-order valence-corrected chi connectivity index (χ1v) is 16.4. The fourth-order valence-corrected chi connectivity index (χ4v) is 7.77. The van der Waals surface area contributed by atoms with Crippen LogP contribution in [0.5, 0.6) is 5.75 Å². The van der Waals surface area contributed by atoms with Gasteiger partial charge in [-0.1, -0.05) is 22.1 Å². The number of carbonyl (C=O) groups is 1. The number of amides is 1. The van der Waals surface area contributed by atoms with Gasteiger partial charge < -0.3 is 19.5 Å². The van der Waals surface area contributed by atoms with Crippen molar-refractivity contribution in [3.8, 4) is 5.75 Å². The second-order valence-electron chi connectivity index (χ2n) is 11.1. The van der Waals surface area contributed by atoms with E-state index in [1.54, 1.807) is 12.3 Å². The predicted octanol–water partition coefficient (Wildman–Crippen LogP) is 3.45. The highest BCUT2D eigenvalue weighted by Crippen LogP contribution is 2.36. The van der Waals surface area contributed by atoms with E-state index < -0.39 is 16.3 Å². The SMILES string of the molecule is CCNC(=O)CN1CCCC(N2COC[SH](C)(=O)C2)[C@@H]1CO[C@H]1CC[C@@H](c2cccc(OC(F)(F)F)c2)CC1. The van der Waals surface area contributed by atoms with Crippen molar-refractivity contribution >= 4 is 15.8 Å². The minimum absolute atomic E-state index is 0.0172. The van der Waals surface area contributed by atoms with Crippen LogP contribution in [0.15, 0.2) is 24.3 Å². The van der Waals surface area contributed by atoms with Gasteiger partial charge in [-0.25, -0.2) is 0 Å². The van der Waals surface area contributed by atoms with Crippen molar-refractivity contribution < 1.29 is 36.4 Å². The van der Waals surface area contributed by atoms with Gasteiger partial charge in [-0.3, -0.25) is 18.8 Å². The molecule has 2 saturated heterocycles. The molecular formula is C27H42F3N3O5S. The number of benzene rings is 1. The summed E-state index contributed by atoms with van der Waals surface area (Å²) in [5, 5.41) is 2.89. The zero-order chi connectivity index (χ0) is 28.0. The number of piperidine rings is 1. The molecule has 0 bridgehead atoms. The molecule has 4 rings (SSSR count). The lowest BCUT2D eigenvalue weighted by Gasteiger charge is -2.48. The van der Waals surface area contributed by atoms with Gasteiger partial charge in [0.25, 0.3) is 0 Å². The molecule has 1 N–H and O–H groups in total. The van der Waals surface area contributed by atoms with E-state index in [1.807, 2.05) is 13.0 Å². The van der Waals surface area contributed by atoms with Crippen LogP contribution in [0.2, 0.25) is 0 Å². The molecule has 2 aliphatic heterocycles. The van der Waals surface area contributed by atoms with E-state index in [-0.39, 0.29) is 35.8 Å². The summed E-state index contributed by atoms with van der Waals surface area (Å²) in [6.07, 6.45) is 2.22. The number of thiol groups is 1. The average Bonchev–Trinajstić information content (AvgIpc) is 2.87. The van der Waals surface area contributed by atoms with E-state index in [9.17, 15) is 22.2 Å². The molecule has 1 aromatic carbocycles. The first-order valence-electron chi connectivity index (χ1n) is 13.9. The standard InChI is InChI=1S/C27H42F3N3O5S/c1-3-31-26(34)15-32-13-5-8-24(33-17-36-19-39(2,35)18-33)25(32)16-37-22-11-9-20(10-12-22)21-6-4-7-23(14-21)38-27(28,29)30/h4,6-7,14,20,22,24-25,39H,3,5,8-13,15-19H2,1-2H3,(H,31,34)/t20-,22+,24?,25-/m0/s1. The Kier molecular flexibility index (Phi) is 10.3. The summed E-state index contributed by atoms with van der Waals surface area (Å²) in [4.78, 5) is 16.8. The molecule has 8 nitrogen and oxygen atoms in total. The van der Waals surface area contributed by atoms with Crippen LogP contribution in [0.1, 0.15) is 56.9 Å². The van der Waals surface area contributed by atoms with Crippen molar-refractivity contribution in [2.45, 2.75) is 75.9 Å². The Morgan fingerprint density at radius 2 is 1.97 bits per heavy atom. The highest BCUT2D eigenvalue weighted by atomic mass is 32.2. The summed E-state index contributed by atoms with van der Waals surface area (Å²) < 4.78 is 67.0. The lowest BCUT2D eigenvalue weighted by Crippen LogP contribution is -2.61. The van der Waals surface area contributed by atoms with Gasteiger partial charge in [0.2, 0.25) is 5.91 Å². The quantitative estimate of drug-likeness (QED) is 0.436. The molecule has 1 amide bonds. The number of rotatable bonds is 9. The molecular weight excluding hydrogens is 535 g/mol. The maximum absolute atomic E-state index is 12.8. The third-order valence-electron chi connectivity index (χ3n) is 7.89. The molecule has 3 fully saturated rings. The number of halogens is 3. The van der Waals surface area contributed by atoms with E-state index in [2.05, 4.69) is 19.9 Å². The van der Waals surface area contributed by atoms with E-state index in [1.165, 1.54) is 12.1 Å². The van der Waals surface area contributed by atoms with Gasteiger partial charge in [0, 0.05) is 18.6 Å². The summed E-state index contributed by atoms with van der Waals surface area (Å²) in [6, 6.07) is 6.31. The van der Waals surface area contributed by atoms with Crippen LogP contribution >= 0.6 is 0 Å². The van der Waals surface area contributed by atoms with Gasteiger partial charge >= 0.3 is 6.36 Å². The normalized spacial score (nSPS) is 29.5. The number of hydrogen-bond donors (Lipinski definition) is 2. The number of alkyl halides is 3. The molecule has 12 heteroatoms. The van der Waals surface area contributed by atoms with Crippen LogP contribution < -0.4 is 10.1 Å². The summed E-state index contributed by atoms with van der Waals surface area (Å²) in [5.41, 5.74) is 0.852. The van der Waals surface area contributed by atoms with Crippen molar-refractivity contribution in [2.75, 3.05) is 51.0 Å². The Hall–Kier alpha value is -1.73. The van der Waals surface area contributed by atoms with Gasteiger partial charge in [0.15, 0.2) is 0 Å². The lowest BCUT2D eigenvalue weighted by atomic mass is 9.82. The number of carbonyl (C=O) groups excluding carboxylic acids is 1. The lowest BCUT2D eigenvalue weighted by molar-refractivity contribution is -0.274. The zero-order valence-electron chi connectivity index (χ0n) is 22.8. The van der Waals surface area contributed by atoms with Gasteiger partial charge in [-0.05, 0) is 81.9 Å². The molecule has 2 heterocycles. The number of ether oxygens (including phenoxy) is 3. The first-order chi connectivity index (χ1) is 18.5. The van der Waals surface area contributed by atoms with Crippen molar-refractivity contribution in [3.05, 3.63) is 29.8 Å². The van der Waals surface area contributed by atoms with E-state index in [0.29, 0.717) is 38.2 Å². The summed E-state index contributed by atoms with van der Waals surface area (Å²) in [5.74, 6) is 0.756. The Bertz CT molecular complexity index is 1010. The Balaban J connectivity index is 1.37. The Morgan fingerprint density at radius 1 is 1.21 bits per heavy atom. The molecule has 222 valence electrons. The van der Waals surface area contributed by atoms with Crippen LogP contribution in [-0.2, 0) is 24.2 Å². The Morgan fingerprint density at radius 3 is 2.67 bits per heavy atom. The minimum atomic E-state index is -4.71. The molecule has 2 atom stereocenters. The highest BCUT2D eigenvalue weighted by Gasteiger charge is 2.39. The van der Waals surface area contributed by atoms with Crippen molar-refractivity contribution in [2.24, 2.45) is 0 Å². The first kappa shape index (κ1) is 30.2.